The lowest BCUT2D eigenvalue weighted by Crippen LogP contribution is -2.15. The van der Waals surface area contributed by atoms with E-state index in [9.17, 15) is 19.7 Å². The van der Waals surface area contributed by atoms with Gasteiger partial charge in [0.15, 0.2) is 12.4 Å². The van der Waals surface area contributed by atoms with E-state index < -0.39 is 23.3 Å². The van der Waals surface area contributed by atoms with Gasteiger partial charge in [-0.3, -0.25) is 14.9 Å². The van der Waals surface area contributed by atoms with Crippen LogP contribution in [0.4, 0.5) is 5.69 Å². The molecule has 1 heterocycles. The normalized spacial score (nSPS) is 10.7. The number of nitrogens with zero attached hydrogens (tertiary/aromatic N) is 2. The van der Waals surface area contributed by atoms with Gasteiger partial charge in [0.25, 0.3) is 5.69 Å². The summed E-state index contributed by atoms with van der Waals surface area (Å²) >= 11 is 1.47. The molecule has 4 rings (SSSR count). The lowest BCUT2D eigenvalue weighted by Gasteiger charge is -2.08. The fraction of sp³-hybridized carbons (Fsp3) is 0.0455. The fourth-order valence-corrected chi connectivity index (χ4v) is 3.90. The minimum atomic E-state index is -0.639. The van der Waals surface area contributed by atoms with Gasteiger partial charge in [-0.2, -0.15) is 0 Å². The Morgan fingerprint density at radius 2 is 1.67 bits per heavy atom. The highest BCUT2D eigenvalue weighted by atomic mass is 32.1. The third-order valence-corrected chi connectivity index (χ3v) is 5.48. The molecule has 1 aromatic heterocycles. The second kappa shape index (κ2) is 8.22. The van der Waals surface area contributed by atoms with Crippen molar-refractivity contribution in [1.29, 1.82) is 0 Å². The number of para-hydroxylation sites is 1. The van der Waals surface area contributed by atoms with Crippen LogP contribution in [-0.2, 0) is 4.74 Å². The van der Waals surface area contributed by atoms with E-state index in [1.807, 2.05) is 24.3 Å². The van der Waals surface area contributed by atoms with Gasteiger partial charge in [0.1, 0.15) is 5.01 Å². The molecule has 0 radical (unpaired) electrons. The molecule has 0 aliphatic carbocycles. The second-order valence-electron chi connectivity index (χ2n) is 6.34. The summed E-state index contributed by atoms with van der Waals surface area (Å²) in [6.45, 7) is -0.467. The zero-order chi connectivity index (χ0) is 21.1. The van der Waals surface area contributed by atoms with Gasteiger partial charge in [-0.25, -0.2) is 9.78 Å². The number of Topliss-reactive ketones (excluding diaryl/α,β-unsaturated/α-hetero) is 1. The van der Waals surface area contributed by atoms with Gasteiger partial charge in [0, 0.05) is 23.3 Å². The molecular weight excluding hydrogens is 404 g/mol. The number of non-ortho nitro benzene ring substituents is 1. The number of nitro groups is 1. The summed E-state index contributed by atoms with van der Waals surface area (Å²) in [5, 5.41) is 11.4. The molecule has 0 atom stereocenters. The highest BCUT2D eigenvalue weighted by Gasteiger charge is 2.18. The van der Waals surface area contributed by atoms with Crippen molar-refractivity contribution in [3.8, 4) is 10.6 Å². The Labute approximate surface area is 174 Å². The Hall–Kier alpha value is -3.91. The summed E-state index contributed by atoms with van der Waals surface area (Å²) in [6.07, 6.45) is 0. The van der Waals surface area contributed by atoms with E-state index >= 15 is 0 Å². The maximum atomic E-state index is 12.6. The van der Waals surface area contributed by atoms with Gasteiger partial charge in [0.2, 0.25) is 0 Å². The summed E-state index contributed by atoms with van der Waals surface area (Å²) in [4.78, 5) is 39.7. The first kappa shape index (κ1) is 19.4. The molecule has 30 heavy (non-hydrogen) atoms. The Balaban J connectivity index is 1.51. The van der Waals surface area contributed by atoms with Crippen LogP contribution in [-0.4, -0.2) is 28.3 Å². The number of nitro benzene ring substituents is 1. The highest BCUT2D eigenvalue weighted by molar-refractivity contribution is 7.21. The van der Waals surface area contributed by atoms with Crippen LogP contribution in [0, 0.1) is 10.1 Å². The van der Waals surface area contributed by atoms with Crippen molar-refractivity contribution in [2.75, 3.05) is 6.61 Å². The Bertz CT molecular complexity index is 1230. The molecule has 4 aromatic rings. The van der Waals surface area contributed by atoms with Crippen LogP contribution in [0.3, 0.4) is 0 Å². The quantitative estimate of drug-likeness (QED) is 0.191. The van der Waals surface area contributed by atoms with Gasteiger partial charge in [-0.1, -0.05) is 30.3 Å². The van der Waals surface area contributed by atoms with Crippen molar-refractivity contribution < 1.29 is 19.2 Å². The second-order valence-corrected chi connectivity index (χ2v) is 7.37. The summed E-state index contributed by atoms with van der Waals surface area (Å²) in [7, 11) is 0. The van der Waals surface area contributed by atoms with E-state index in [-0.39, 0.29) is 11.3 Å². The molecule has 0 saturated heterocycles. The number of benzene rings is 3. The van der Waals surface area contributed by atoms with Crippen LogP contribution < -0.4 is 0 Å². The Morgan fingerprint density at radius 1 is 0.967 bits per heavy atom. The number of hydrogen-bond acceptors (Lipinski definition) is 7. The molecule has 148 valence electrons. The number of hydrogen-bond donors (Lipinski definition) is 0. The number of carbonyl (C=O) groups is 2. The SMILES string of the molecule is O=C(COC(=O)c1ccccc1-c1nc2ccccc2s1)c1ccc([N+](=O)[O-])cc1. The third-order valence-electron chi connectivity index (χ3n) is 4.41. The lowest BCUT2D eigenvalue weighted by molar-refractivity contribution is -0.384. The topological polar surface area (TPSA) is 99.4 Å². The number of ether oxygens (including phenoxy) is 1. The average molecular weight is 418 g/mol. The van der Waals surface area contributed by atoms with Crippen molar-refractivity contribution in [3.63, 3.8) is 0 Å². The predicted octanol–water partition coefficient (Wildman–Crippen LogP) is 4.91. The van der Waals surface area contributed by atoms with Gasteiger partial charge >= 0.3 is 5.97 Å². The maximum Gasteiger partial charge on any atom is 0.339 e. The zero-order valence-corrected chi connectivity index (χ0v) is 16.3. The molecule has 0 amide bonds. The molecule has 8 heteroatoms. The summed E-state index contributed by atoms with van der Waals surface area (Å²) in [5.41, 5.74) is 1.90. The first-order chi connectivity index (χ1) is 14.5. The number of esters is 1. The molecule has 0 aliphatic heterocycles. The van der Waals surface area contributed by atoms with Crippen LogP contribution in [0.2, 0.25) is 0 Å². The maximum absolute atomic E-state index is 12.6. The molecule has 3 aromatic carbocycles. The van der Waals surface area contributed by atoms with Gasteiger partial charge < -0.3 is 4.74 Å². The van der Waals surface area contributed by atoms with Gasteiger partial charge in [-0.05, 0) is 30.3 Å². The number of aromatic nitrogens is 1. The van der Waals surface area contributed by atoms with Crippen molar-refractivity contribution in [2.24, 2.45) is 0 Å². The Kier molecular flexibility index (Phi) is 5.32. The Morgan fingerprint density at radius 3 is 2.40 bits per heavy atom. The zero-order valence-electron chi connectivity index (χ0n) is 15.5. The van der Waals surface area contributed by atoms with E-state index in [1.54, 1.807) is 24.3 Å². The van der Waals surface area contributed by atoms with E-state index in [2.05, 4.69) is 4.98 Å². The number of carbonyl (C=O) groups excluding carboxylic acids is 2. The standard InChI is InChI=1S/C22H14N2O5S/c25-19(14-9-11-15(12-10-14)24(27)28)13-29-22(26)17-6-2-1-5-16(17)21-23-18-7-3-4-8-20(18)30-21/h1-12H,13H2. The highest BCUT2D eigenvalue weighted by Crippen LogP contribution is 2.32. The first-order valence-electron chi connectivity index (χ1n) is 8.92. The monoisotopic (exact) mass is 418 g/mol. The van der Waals surface area contributed by atoms with Crippen molar-refractivity contribution in [3.05, 3.63) is 94.0 Å². The number of rotatable bonds is 6. The first-order valence-corrected chi connectivity index (χ1v) is 9.74. The molecule has 0 bridgehead atoms. The number of fused-ring (bicyclic) bond motifs is 1. The van der Waals surface area contributed by atoms with E-state index in [0.717, 1.165) is 10.2 Å². The van der Waals surface area contributed by atoms with Crippen LogP contribution in [0.25, 0.3) is 20.8 Å². The molecule has 0 unspecified atom stereocenters. The minimum absolute atomic E-state index is 0.117. The summed E-state index contributed by atoms with van der Waals surface area (Å²) in [6, 6.07) is 19.8. The van der Waals surface area contributed by atoms with E-state index in [1.165, 1.54) is 35.6 Å². The summed E-state index contributed by atoms with van der Waals surface area (Å²) < 4.78 is 6.22. The lowest BCUT2D eigenvalue weighted by atomic mass is 10.1. The van der Waals surface area contributed by atoms with Crippen LogP contribution in [0.1, 0.15) is 20.7 Å². The van der Waals surface area contributed by atoms with E-state index in [0.29, 0.717) is 16.1 Å². The van der Waals surface area contributed by atoms with Crippen LogP contribution >= 0.6 is 11.3 Å². The molecule has 0 aliphatic rings. The number of ketones is 1. The van der Waals surface area contributed by atoms with Crippen LogP contribution in [0.5, 0.6) is 0 Å². The smallest absolute Gasteiger partial charge is 0.339 e. The predicted molar refractivity (Wildman–Crippen MR) is 113 cm³/mol. The van der Waals surface area contributed by atoms with Crippen molar-refractivity contribution in [1.82, 2.24) is 4.98 Å². The molecule has 0 saturated carbocycles. The van der Waals surface area contributed by atoms with Crippen molar-refractivity contribution in [2.45, 2.75) is 0 Å². The fourth-order valence-electron chi connectivity index (χ4n) is 2.90. The van der Waals surface area contributed by atoms with Crippen molar-refractivity contribution >= 4 is 39.0 Å². The van der Waals surface area contributed by atoms with E-state index in [4.69, 9.17) is 4.74 Å². The van der Waals surface area contributed by atoms with Crippen LogP contribution in [0.15, 0.2) is 72.8 Å². The minimum Gasteiger partial charge on any atom is -0.454 e. The average Bonchev–Trinajstić information content (AvgIpc) is 3.21. The summed E-state index contributed by atoms with van der Waals surface area (Å²) in [5.74, 6) is -1.09. The molecular formula is C22H14N2O5S. The molecule has 7 nitrogen and oxygen atoms in total. The molecule has 0 spiro atoms. The molecule has 0 fully saturated rings. The molecule has 0 N–H and O–H groups in total. The largest absolute Gasteiger partial charge is 0.454 e. The third kappa shape index (κ3) is 3.94. The number of thiazole rings is 1. The van der Waals surface area contributed by atoms with Gasteiger partial charge in [0.05, 0.1) is 20.7 Å². The van der Waals surface area contributed by atoms with Gasteiger partial charge in [-0.15, -0.1) is 11.3 Å².